The van der Waals surface area contributed by atoms with E-state index in [1.807, 2.05) is 32.9 Å². The Kier molecular flexibility index (Phi) is 4.58. The monoisotopic (exact) mass is 274 g/mol. The van der Waals surface area contributed by atoms with Crippen molar-refractivity contribution in [2.75, 3.05) is 0 Å². The fourth-order valence-corrected chi connectivity index (χ4v) is 3.07. The zero-order chi connectivity index (χ0) is 14.7. The number of rotatable bonds is 2. The number of carbonyl (C=O) groups excluding carboxylic acids is 2. The molecule has 1 aliphatic carbocycles. The van der Waals surface area contributed by atoms with Gasteiger partial charge in [-0.15, -0.1) is 0 Å². The molecular weight excluding hydrogens is 252 g/mol. The second-order valence-electron chi connectivity index (χ2n) is 5.82. The van der Waals surface area contributed by atoms with Crippen LogP contribution in [0.5, 0.6) is 0 Å². The van der Waals surface area contributed by atoms with Gasteiger partial charge in [-0.25, -0.2) is 4.79 Å². The molecule has 0 radical (unpaired) electrons. The molecule has 1 fully saturated rings. The molecule has 0 spiro atoms. The minimum absolute atomic E-state index is 0.0984. The number of aryl methyl sites for hydroxylation is 3. The predicted molar refractivity (Wildman–Crippen MR) is 77.7 cm³/mol. The van der Waals surface area contributed by atoms with Gasteiger partial charge < -0.3 is 4.74 Å². The average Bonchev–Trinajstić information content (AvgIpc) is 2.38. The Labute approximate surface area is 120 Å². The summed E-state index contributed by atoms with van der Waals surface area (Å²) in [5.41, 5.74) is 3.36. The van der Waals surface area contributed by atoms with Gasteiger partial charge in [0.15, 0.2) is 0 Å². The smallest absolute Gasteiger partial charge is 0.346 e. The number of hydrogen-bond acceptors (Lipinski definition) is 3. The van der Waals surface area contributed by atoms with E-state index in [1.165, 1.54) is 6.42 Å². The summed E-state index contributed by atoms with van der Waals surface area (Å²) in [6.45, 7) is 5.74. The summed E-state index contributed by atoms with van der Waals surface area (Å²) < 4.78 is 5.10. The maximum absolute atomic E-state index is 12.2. The van der Waals surface area contributed by atoms with Crippen molar-refractivity contribution in [1.82, 2.24) is 0 Å². The Morgan fingerprint density at radius 1 is 1.00 bits per heavy atom. The standard InChI is InChI=1S/C17H22O3/c1-11-9-12(2)15(13(3)10-11)17(19)20-16(18)14-7-5-4-6-8-14/h9-10,14H,4-8H2,1-3H3. The van der Waals surface area contributed by atoms with Gasteiger partial charge in [-0.1, -0.05) is 37.0 Å². The van der Waals surface area contributed by atoms with E-state index in [1.54, 1.807) is 0 Å². The van der Waals surface area contributed by atoms with Crippen molar-refractivity contribution in [3.05, 3.63) is 34.4 Å². The second-order valence-corrected chi connectivity index (χ2v) is 5.82. The first kappa shape index (κ1) is 14.8. The van der Waals surface area contributed by atoms with Crippen LogP contribution in [0.2, 0.25) is 0 Å². The van der Waals surface area contributed by atoms with E-state index in [4.69, 9.17) is 4.74 Å². The molecule has 2 rings (SSSR count). The zero-order valence-electron chi connectivity index (χ0n) is 12.5. The van der Waals surface area contributed by atoms with E-state index in [0.717, 1.165) is 42.4 Å². The van der Waals surface area contributed by atoms with Gasteiger partial charge in [0.2, 0.25) is 0 Å². The van der Waals surface area contributed by atoms with E-state index >= 15 is 0 Å². The summed E-state index contributed by atoms with van der Waals surface area (Å²) in [7, 11) is 0. The van der Waals surface area contributed by atoms with Crippen molar-refractivity contribution in [2.24, 2.45) is 5.92 Å². The van der Waals surface area contributed by atoms with Gasteiger partial charge in [0.25, 0.3) is 0 Å². The van der Waals surface area contributed by atoms with Crippen LogP contribution in [0.3, 0.4) is 0 Å². The van der Waals surface area contributed by atoms with Crippen LogP contribution in [-0.4, -0.2) is 11.9 Å². The molecule has 0 aliphatic heterocycles. The van der Waals surface area contributed by atoms with Crippen molar-refractivity contribution in [1.29, 1.82) is 0 Å². The molecule has 3 nitrogen and oxygen atoms in total. The van der Waals surface area contributed by atoms with Crippen LogP contribution in [0.4, 0.5) is 0 Å². The first-order valence-corrected chi connectivity index (χ1v) is 7.33. The molecule has 0 bridgehead atoms. The summed E-state index contributed by atoms with van der Waals surface area (Å²) >= 11 is 0. The molecule has 1 aliphatic rings. The third-order valence-corrected chi connectivity index (χ3v) is 4.01. The topological polar surface area (TPSA) is 43.4 Å². The maximum atomic E-state index is 12.2. The van der Waals surface area contributed by atoms with Crippen LogP contribution in [0.1, 0.15) is 59.2 Å². The molecule has 108 valence electrons. The van der Waals surface area contributed by atoms with Gasteiger partial charge in [0.05, 0.1) is 11.5 Å². The van der Waals surface area contributed by atoms with E-state index in [-0.39, 0.29) is 11.9 Å². The van der Waals surface area contributed by atoms with Crippen LogP contribution in [0.15, 0.2) is 12.1 Å². The lowest BCUT2D eigenvalue weighted by atomic mass is 9.89. The Balaban J connectivity index is 2.10. The quantitative estimate of drug-likeness (QED) is 0.607. The van der Waals surface area contributed by atoms with Crippen molar-refractivity contribution >= 4 is 11.9 Å². The predicted octanol–water partition coefficient (Wildman–Crippen LogP) is 3.88. The van der Waals surface area contributed by atoms with Gasteiger partial charge in [0.1, 0.15) is 0 Å². The highest BCUT2D eigenvalue weighted by Crippen LogP contribution is 2.25. The van der Waals surface area contributed by atoms with Crippen LogP contribution < -0.4 is 0 Å². The highest BCUT2D eigenvalue weighted by Gasteiger charge is 2.26. The number of benzene rings is 1. The van der Waals surface area contributed by atoms with E-state index in [2.05, 4.69) is 0 Å². The lowest BCUT2D eigenvalue weighted by molar-refractivity contribution is -0.143. The first-order chi connectivity index (χ1) is 9.49. The Bertz CT molecular complexity index is 502. The molecular formula is C17H22O3. The van der Waals surface area contributed by atoms with Crippen molar-refractivity contribution < 1.29 is 14.3 Å². The number of hydrogen-bond donors (Lipinski definition) is 0. The largest absolute Gasteiger partial charge is 0.389 e. The van der Waals surface area contributed by atoms with Gasteiger partial charge in [0, 0.05) is 0 Å². The van der Waals surface area contributed by atoms with Crippen molar-refractivity contribution in [3.63, 3.8) is 0 Å². The zero-order valence-corrected chi connectivity index (χ0v) is 12.5. The number of carbonyl (C=O) groups is 2. The fourth-order valence-electron chi connectivity index (χ4n) is 3.07. The molecule has 1 aromatic carbocycles. The van der Waals surface area contributed by atoms with Gasteiger partial charge in [-0.2, -0.15) is 0 Å². The molecule has 20 heavy (non-hydrogen) atoms. The molecule has 0 saturated heterocycles. The third kappa shape index (κ3) is 3.27. The molecule has 3 heteroatoms. The minimum Gasteiger partial charge on any atom is -0.389 e. The summed E-state index contributed by atoms with van der Waals surface area (Å²) in [5.74, 6) is -0.955. The van der Waals surface area contributed by atoms with Gasteiger partial charge >= 0.3 is 11.9 Å². The molecule has 1 aromatic rings. The van der Waals surface area contributed by atoms with Crippen molar-refractivity contribution in [2.45, 2.75) is 52.9 Å². The molecule has 0 atom stereocenters. The van der Waals surface area contributed by atoms with Gasteiger partial charge in [-0.05, 0) is 44.7 Å². The lowest BCUT2D eigenvalue weighted by Crippen LogP contribution is -2.24. The molecule has 0 heterocycles. The minimum atomic E-state index is -0.504. The van der Waals surface area contributed by atoms with Crippen LogP contribution >= 0.6 is 0 Å². The maximum Gasteiger partial charge on any atom is 0.346 e. The van der Waals surface area contributed by atoms with Crippen LogP contribution in [0.25, 0.3) is 0 Å². The molecule has 0 aromatic heterocycles. The Hall–Kier alpha value is -1.64. The van der Waals surface area contributed by atoms with E-state index in [9.17, 15) is 9.59 Å². The Morgan fingerprint density at radius 2 is 1.55 bits per heavy atom. The summed E-state index contributed by atoms with van der Waals surface area (Å²) in [6.07, 6.45) is 4.97. The van der Waals surface area contributed by atoms with E-state index in [0.29, 0.717) is 5.56 Å². The molecule has 1 saturated carbocycles. The molecule has 0 unspecified atom stereocenters. The van der Waals surface area contributed by atoms with Gasteiger partial charge in [-0.3, -0.25) is 4.79 Å². The highest BCUT2D eigenvalue weighted by molar-refractivity contribution is 5.99. The average molecular weight is 274 g/mol. The van der Waals surface area contributed by atoms with E-state index < -0.39 is 5.97 Å². The van der Waals surface area contributed by atoms with Crippen LogP contribution in [-0.2, 0) is 9.53 Å². The molecule has 0 N–H and O–H groups in total. The van der Waals surface area contributed by atoms with Crippen LogP contribution in [0, 0.1) is 26.7 Å². The van der Waals surface area contributed by atoms with Crippen molar-refractivity contribution in [3.8, 4) is 0 Å². The second kappa shape index (κ2) is 6.21. The molecule has 0 amide bonds. The highest BCUT2D eigenvalue weighted by atomic mass is 16.6. The summed E-state index contributed by atoms with van der Waals surface area (Å²) in [6, 6.07) is 3.88. The summed E-state index contributed by atoms with van der Waals surface area (Å²) in [4.78, 5) is 24.2. The fraction of sp³-hybridized carbons (Fsp3) is 0.529. The first-order valence-electron chi connectivity index (χ1n) is 7.33. The number of esters is 2. The Morgan fingerprint density at radius 3 is 2.10 bits per heavy atom. The third-order valence-electron chi connectivity index (χ3n) is 4.01. The number of ether oxygens (including phenoxy) is 1. The SMILES string of the molecule is Cc1cc(C)c(C(=O)OC(=O)C2CCCCC2)c(C)c1. The lowest BCUT2D eigenvalue weighted by Gasteiger charge is -2.19. The summed E-state index contributed by atoms with van der Waals surface area (Å²) in [5, 5.41) is 0. The normalized spacial score (nSPS) is 15.9.